The third-order valence-corrected chi connectivity index (χ3v) is 4.93. The summed E-state index contributed by atoms with van der Waals surface area (Å²) in [5.41, 5.74) is 5.91. The second-order valence-electron chi connectivity index (χ2n) is 7.20. The van der Waals surface area contributed by atoms with Gasteiger partial charge < -0.3 is 14.8 Å². The van der Waals surface area contributed by atoms with Crippen LogP contribution in [0.5, 0.6) is 11.5 Å². The highest BCUT2D eigenvalue weighted by Crippen LogP contribution is 2.37. The van der Waals surface area contributed by atoms with Gasteiger partial charge in [-0.15, -0.1) is 12.4 Å². The summed E-state index contributed by atoms with van der Waals surface area (Å²) in [6, 6.07) is 20.8. The molecule has 3 rings (SSSR count). The lowest BCUT2D eigenvalue weighted by Crippen LogP contribution is -2.13. The fraction of sp³-hybridized carbons (Fsp3) is 0.280. The molecule has 0 fully saturated rings. The van der Waals surface area contributed by atoms with Crippen molar-refractivity contribution in [1.82, 2.24) is 5.32 Å². The van der Waals surface area contributed by atoms with Gasteiger partial charge in [-0.3, -0.25) is 0 Å². The van der Waals surface area contributed by atoms with Gasteiger partial charge in [-0.05, 0) is 49.6 Å². The van der Waals surface area contributed by atoms with Gasteiger partial charge in [-0.1, -0.05) is 71.3 Å². The Kier molecular flexibility index (Phi) is 9.51. The molecule has 0 amide bonds. The van der Waals surface area contributed by atoms with Crippen LogP contribution < -0.4 is 14.8 Å². The molecule has 30 heavy (non-hydrogen) atoms. The molecule has 1 N–H and O–H groups in total. The Bertz CT molecular complexity index is 925. The summed E-state index contributed by atoms with van der Waals surface area (Å²) >= 11 is 6.54. The van der Waals surface area contributed by atoms with Gasteiger partial charge in [-0.2, -0.15) is 0 Å². The number of hydrogen-bond donors (Lipinski definition) is 1. The first kappa shape index (κ1) is 24.1. The zero-order valence-electron chi connectivity index (χ0n) is 17.7. The lowest BCUT2D eigenvalue weighted by molar-refractivity contribution is 0.269. The summed E-state index contributed by atoms with van der Waals surface area (Å²) in [5.74, 6) is 1.27. The average Bonchev–Trinajstić information content (AvgIpc) is 2.70. The number of rotatable bonds is 9. The van der Waals surface area contributed by atoms with Crippen molar-refractivity contribution in [2.45, 2.75) is 40.5 Å². The Hall–Kier alpha value is -2.20. The molecule has 0 spiro atoms. The van der Waals surface area contributed by atoms with Gasteiger partial charge in [-0.25, -0.2) is 0 Å². The van der Waals surface area contributed by atoms with Crippen LogP contribution in [0.1, 0.15) is 34.7 Å². The Balaban J connectivity index is 0.00000320. The normalized spacial score (nSPS) is 10.4. The number of hydrogen-bond acceptors (Lipinski definition) is 3. The highest BCUT2D eigenvalue weighted by Gasteiger charge is 2.13. The van der Waals surface area contributed by atoms with E-state index >= 15 is 0 Å². The molecular weight excluding hydrogens is 417 g/mol. The van der Waals surface area contributed by atoms with Gasteiger partial charge in [0.15, 0.2) is 11.5 Å². The molecule has 0 aliphatic carbocycles. The third kappa shape index (κ3) is 6.94. The van der Waals surface area contributed by atoms with Crippen molar-refractivity contribution in [1.29, 1.82) is 0 Å². The van der Waals surface area contributed by atoms with Crippen LogP contribution in [0.25, 0.3) is 0 Å². The molecule has 0 saturated carbocycles. The molecule has 160 valence electrons. The zero-order chi connectivity index (χ0) is 20.6. The van der Waals surface area contributed by atoms with E-state index in [1.54, 1.807) is 0 Å². The maximum atomic E-state index is 6.54. The minimum Gasteiger partial charge on any atom is -0.490 e. The van der Waals surface area contributed by atoms with Gasteiger partial charge in [0, 0.05) is 13.1 Å². The maximum Gasteiger partial charge on any atom is 0.180 e. The van der Waals surface area contributed by atoms with Crippen molar-refractivity contribution < 1.29 is 9.47 Å². The van der Waals surface area contributed by atoms with Crippen molar-refractivity contribution in [2.75, 3.05) is 6.61 Å². The maximum absolute atomic E-state index is 6.54. The Labute approximate surface area is 190 Å². The van der Waals surface area contributed by atoms with E-state index in [0.29, 0.717) is 36.3 Å². The molecule has 3 nitrogen and oxygen atoms in total. The van der Waals surface area contributed by atoms with E-state index in [1.165, 1.54) is 16.7 Å². The van der Waals surface area contributed by atoms with E-state index in [9.17, 15) is 0 Å². The molecule has 0 aliphatic rings. The largest absolute Gasteiger partial charge is 0.490 e. The van der Waals surface area contributed by atoms with Crippen LogP contribution in [0.15, 0.2) is 60.7 Å². The molecular formula is C25H29Cl2NO2. The average molecular weight is 446 g/mol. The van der Waals surface area contributed by atoms with Gasteiger partial charge in [0.1, 0.15) is 6.61 Å². The summed E-state index contributed by atoms with van der Waals surface area (Å²) in [5, 5.41) is 4.03. The lowest BCUT2D eigenvalue weighted by Gasteiger charge is -2.16. The molecule has 0 aliphatic heterocycles. The van der Waals surface area contributed by atoms with Crippen molar-refractivity contribution in [2.24, 2.45) is 0 Å². The van der Waals surface area contributed by atoms with Crippen molar-refractivity contribution in [3.8, 4) is 11.5 Å². The number of aryl methyl sites for hydroxylation is 2. The number of nitrogens with one attached hydrogen (secondary N) is 1. The molecule has 3 aromatic rings. The predicted octanol–water partition coefficient (Wildman–Crippen LogP) is 6.65. The quantitative estimate of drug-likeness (QED) is 0.399. The van der Waals surface area contributed by atoms with Gasteiger partial charge in [0.2, 0.25) is 0 Å². The first-order valence-electron chi connectivity index (χ1n) is 9.95. The number of benzene rings is 3. The molecule has 0 bridgehead atoms. The Morgan fingerprint density at radius 3 is 1.93 bits per heavy atom. The highest BCUT2D eigenvalue weighted by molar-refractivity contribution is 6.32. The van der Waals surface area contributed by atoms with E-state index in [4.69, 9.17) is 21.1 Å². The molecule has 3 aromatic carbocycles. The minimum atomic E-state index is 0. The molecule has 0 aromatic heterocycles. The van der Waals surface area contributed by atoms with E-state index < -0.39 is 0 Å². The van der Waals surface area contributed by atoms with Crippen LogP contribution in [0.2, 0.25) is 5.02 Å². The SMILES string of the molecule is CCOc1cc(CNCc2ccc(C)cc2)cc(Cl)c1OCc1ccc(C)cc1.Cl. The first-order valence-corrected chi connectivity index (χ1v) is 10.3. The topological polar surface area (TPSA) is 30.5 Å². The Morgan fingerprint density at radius 2 is 1.33 bits per heavy atom. The smallest absolute Gasteiger partial charge is 0.180 e. The summed E-state index contributed by atoms with van der Waals surface area (Å²) in [4.78, 5) is 0. The fourth-order valence-corrected chi connectivity index (χ4v) is 3.31. The van der Waals surface area contributed by atoms with E-state index in [2.05, 4.69) is 67.7 Å². The first-order chi connectivity index (χ1) is 14.0. The van der Waals surface area contributed by atoms with Crippen LogP contribution in [0, 0.1) is 13.8 Å². The molecule has 0 heterocycles. The monoisotopic (exact) mass is 445 g/mol. The lowest BCUT2D eigenvalue weighted by atomic mass is 10.1. The fourth-order valence-electron chi connectivity index (χ4n) is 3.02. The molecule has 5 heteroatoms. The van der Waals surface area contributed by atoms with Gasteiger partial charge >= 0.3 is 0 Å². The van der Waals surface area contributed by atoms with Gasteiger partial charge in [0.25, 0.3) is 0 Å². The minimum absolute atomic E-state index is 0. The predicted molar refractivity (Wildman–Crippen MR) is 127 cm³/mol. The van der Waals surface area contributed by atoms with Crippen LogP contribution in [0.4, 0.5) is 0 Å². The summed E-state index contributed by atoms with van der Waals surface area (Å²) in [6.07, 6.45) is 0. The highest BCUT2D eigenvalue weighted by atomic mass is 35.5. The summed E-state index contributed by atoms with van der Waals surface area (Å²) < 4.78 is 11.8. The van der Waals surface area contributed by atoms with E-state index in [0.717, 1.165) is 17.7 Å². The summed E-state index contributed by atoms with van der Waals surface area (Å²) in [6.45, 7) is 8.62. The molecule has 0 atom stereocenters. The van der Waals surface area contributed by atoms with Crippen LogP contribution >= 0.6 is 24.0 Å². The van der Waals surface area contributed by atoms with Crippen molar-refractivity contribution in [3.63, 3.8) is 0 Å². The number of halogens is 2. The van der Waals surface area contributed by atoms with Gasteiger partial charge in [0.05, 0.1) is 11.6 Å². The van der Waals surface area contributed by atoms with Crippen molar-refractivity contribution >= 4 is 24.0 Å². The Morgan fingerprint density at radius 1 is 0.767 bits per heavy atom. The van der Waals surface area contributed by atoms with E-state index in [-0.39, 0.29) is 12.4 Å². The zero-order valence-corrected chi connectivity index (χ0v) is 19.3. The molecule has 0 saturated heterocycles. The third-order valence-electron chi connectivity index (χ3n) is 4.65. The van der Waals surface area contributed by atoms with Crippen molar-refractivity contribution in [3.05, 3.63) is 93.5 Å². The summed E-state index contributed by atoms with van der Waals surface area (Å²) in [7, 11) is 0. The molecule has 0 radical (unpaired) electrons. The van der Waals surface area contributed by atoms with Crippen LogP contribution in [-0.4, -0.2) is 6.61 Å². The van der Waals surface area contributed by atoms with Crippen LogP contribution in [0.3, 0.4) is 0 Å². The second kappa shape index (κ2) is 11.8. The number of ether oxygens (including phenoxy) is 2. The standard InChI is InChI=1S/C25H28ClNO2.ClH/c1-4-28-24-14-22(16-27-15-20-9-5-18(2)6-10-20)13-23(26)25(24)29-17-21-11-7-19(3)8-12-21;/h5-14,27H,4,15-17H2,1-3H3;1H. The van der Waals surface area contributed by atoms with E-state index in [1.807, 2.05) is 19.1 Å². The van der Waals surface area contributed by atoms with Crippen LogP contribution in [-0.2, 0) is 19.7 Å². The second-order valence-corrected chi connectivity index (χ2v) is 7.61. The molecule has 0 unspecified atom stereocenters.